The van der Waals surface area contributed by atoms with E-state index in [0.717, 1.165) is 13.1 Å². The summed E-state index contributed by atoms with van der Waals surface area (Å²) in [5, 5.41) is 11.9. The molecule has 1 aliphatic rings. The summed E-state index contributed by atoms with van der Waals surface area (Å²) in [5.74, 6) is -2.36. The van der Waals surface area contributed by atoms with Gasteiger partial charge in [-0.25, -0.2) is 4.79 Å². The molecule has 2 aromatic rings. The highest BCUT2D eigenvalue weighted by Crippen LogP contribution is 2.41. The molecule has 3 rings (SSSR count). The second-order valence-electron chi connectivity index (χ2n) is 8.19. The number of esters is 1. The number of hydrogen-bond acceptors (Lipinski definition) is 6. The van der Waals surface area contributed by atoms with E-state index in [1.807, 2.05) is 13.8 Å². The number of ketones is 1. The van der Waals surface area contributed by atoms with Crippen LogP contribution in [0.1, 0.15) is 52.8 Å². The number of rotatable bonds is 8. The Morgan fingerprint density at radius 1 is 1.18 bits per heavy atom. The molecule has 1 aromatic carbocycles. The van der Waals surface area contributed by atoms with Crippen LogP contribution in [0.4, 0.5) is 0 Å². The predicted molar refractivity (Wildman–Crippen MR) is 130 cm³/mol. The summed E-state index contributed by atoms with van der Waals surface area (Å²) in [6, 6.07) is 6.07. The fourth-order valence-corrected chi connectivity index (χ4v) is 4.56. The third kappa shape index (κ3) is 4.60. The molecule has 2 N–H and O–H groups in total. The van der Waals surface area contributed by atoms with Crippen LogP contribution in [0.5, 0.6) is 0 Å². The molecule has 34 heavy (non-hydrogen) atoms. The highest BCUT2D eigenvalue weighted by molar-refractivity contribution is 6.46. The monoisotopic (exact) mass is 487 g/mol. The molecule has 0 radical (unpaired) electrons. The van der Waals surface area contributed by atoms with Gasteiger partial charge in [0.25, 0.3) is 11.7 Å². The molecular weight excluding hydrogens is 458 g/mol. The van der Waals surface area contributed by atoms with Gasteiger partial charge in [0.1, 0.15) is 11.5 Å². The van der Waals surface area contributed by atoms with Gasteiger partial charge in [0.2, 0.25) is 0 Å². The zero-order valence-electron chi connectivity index (χ0n) is 20.1. The zero-order valence-corrected chi connectivity index (χ0v) is 20.8. The number of halogens is 1. The maximum absolute atomic E-state index is 13.2. The van der Waals surface area contributed by atoms with Gasteiger partial charge in [-0.2, -0.15) is 0 Å². The highest BCUT2D eigenvalue weighted by atomic mass is 35.5. The molecule has 1 aromatic heterocycles. The number of H-pyrrole nitrogens is 1. The minimum atomic E-state index is -0.789. The van der Waals surface area contributed by atoms with Gasteiger partial charge in [-0.05, 0) is 50.2 Å². The van der Waals surface area contributed by atoms with Crippen LogP contribution in [0.25, 0.3) is 5.76 Å². The van der Waals surface area contributed by atoms with Crippen molar-refractivity contribution in [1.29, 1.82) is 0 Å². The first-order valence-corrected chi connectivity index (χ1v) is 11.6. The van der Waals surface area contributed by atoms with Gasteiger partial charge in [-0.3, -0.25) is 9.59 Å². The average molecular weight is 488 g/mol. The average Bonchev–Trinajstić information content (AvgIpc) is 3.26. The van der Waals surface area contributed by atoms with E-state index >= 15 is 0 Å². The number of amides is 1. The topological polar surface area (TPSA) is 103 Å². The van der Waals surface area contributed by atoms with Crippen LogP contribution in [0.15, 0.2) is 29.8 Å². The lowest BCUT2D eigenvalue weighted by atomic mass is 9.94. The third-order valence-corrected chi connectivity index (χ3v) is 6.59. The minimum Gasteiger partial charge on any atom is -0.507 e. The molecule has 0 spiro atoms. The molecule has 1 aliphatic heterocycles. The van der Waals surface area contributed by atoms with Crippen molar-refractivity contribution in [3.8, 4) is 0 Å². The number of aromatic amines is 1. The Morgan fingerprint density at radius 3 is 2.35 bits per heavy atom. The summed E-state index contributed by atoms with van der Waals surface area (Å²) in [6.07, 6.45) is 0. The van der Waals surface area contributed by atoms with Crippen molar-refractivity contribution in [1.82, 2.24) is 14.8 Å². The lowest BCUT2D eigenvalue weighted by Crippen LogP contribution is -2.38. The van der Waals surface area contributed by atoms with Crippen molar-refractivity contribution in [2.24, 2.45) is 0 Å². The van der Waals surface area contributed by atoms with Crippen molar-refractivity contribution in [2.45, 2.75) is 33.7 Å². The van der Waals surface area contributed by atoms with Gasteiger partial charge in [-0.15, -0.1) is 0 Å². The molecular formula is C25H30ClN3O5. The molecule has 0 unspecified atom stereocenters. The maximum atomic E-state index is 13.2. The van der Waals surface area contributed by atoms with E-state index in [1.54, 1.807) is 38.1 Å². The number of hydrogen-bond donors (Lipinski definition) is 2. The van der Waals surface area contributed by atoms with Gasteiger partial charge < -0.3 is 24.6 Å². The van der Waals surface area contributed by atoms with E-state index in [4.69, 9.17) is 16.3 Å². The van der Waals surface area contributed by atoms with Gasteiger partial charge in [0.05, 0.1) is 18.7 Å². The molecule has 1 amide bonds. The number of nitrogens with zero attached hydrogens (tertiary/aromatic N) is 2. The number of nitrogens with one attached hydrogen (secondary N) is 1. The number of aryl methyl sites for hydroxylation is 1. The summed E-state index contributed by atoms with van der Waals surface area (Å²) >= 11 is 6.07. The van der Waals surface area contributed by atoms with E-state index < -0.39 is 23.7 Å². The first-order chi connectivity index (χ1) is 16.2. The summed E-state index contributed by atoms with van der Waals surface area (Å²) in [7, 11) is 1.26. The lowest BCUT2D eigenvalue weighted by molar-refractivity contribution is -0.140. The largest absolute Gasteiger partial charge is 0.507 e. The van der Waals surface area contributed by atoms with Crippen molar-refractivity contribution in [3.63, 3.8) is 0 Å². The van der Waals surface area contributed by atoms with Crippen LogP contribution in [-0.4, -0.2) is 70.8 Å². The standard InChI is InChI=1S/C25H30ClN3O5/c1-6-28(7-2)12-13-29-21(16-8-10-17(26)11-9-16)19(23(31)24(29)32)22(30)18-14(3)20(25(33)34-5)27-15(18)4/h8-11,21,27,30H,6-7,12-13H2,1-5H3/b22-19+/t21-/m0/s1. The summed E-state index contributed by atoms with van der Waals surface area (Å²) < 4.78 is 4.81. The Kier molecular flexibility index (Phi) is 7.84. The summed E-state index contributed by atoms with van der Waals surface area (Å²) in [5.41, 5.74) is 2.05. The van der Waals surface area contributed by atoms with Crippen LogP contribution in [-0.2, 0) is 14.3 Å². The van der Waals surface area contributed by atoms with Crippen molar-refractivity contribution in [2.75, 3.05) is 33.3 Å². The van der Waals surface area contributed by atoms with Crippen LogP contribution >= 0.6 is 11.6 Å². The van der Waals surface area contributed by atoms with Gasteiger partial charge in [0.15, 0.2) is 0 Å². The smallest absolute Gasteiger partial charge is 0.354 e. The molecule has 182 valence electrons. The molecule has 0 saturated carbocycles. The third-order valence-electron chi connectivity index (χ3n) is 6.34. The quantitative estimate of drug-likeness (QED) is 0.254. The van der Waals surface area contributed by atoms with Crippen molar-refractivity contribution < 1.29 is 24.2 Å². The summed E-state index contributed by atoms with van der Waals surface area (Å²) in [4.78, 5) is 45.1. The first kappa shape index (κ1) is 25.5. The molecule has 1 fully saturated rings. The van der Waals surface area contributed by atoms with Crippen LogP contribution in [0.2, 0.25) is 5.02 Å². The number of Topliss-reactive ketones (excluding diaryl/α,β-unsaturated/α-hetero) is 1. The highest BCUT2D eigenvalue weighted by Gasteiger charge is 2.46. The number of likely N-dealkylation sites (N-methyl/N-ethyl adjacent to an activating group) is 1. The number of aliphatic hydroxyl groups excluding tert-OH is 1. The molecule has 1 atom stereocenters. The Hall–Kier alpha value is -3.10. The normalized spacial score (nSPS) is 17.6. The molecule has 2 heterocycles. The Labute approximate surface area is 204 Å². The Bertz CT molecular complexity index is 1130. The van der Waals surface area contributed by atoms with Gasteiger partial charge >= 0.3 is 5.97 Å². The minimum absolute atomic E-state index is 0.0199. The number of likely N-dealkylation sites (tertiary alicyclic amines) is 1. The number of aliphatic hydroxyl groups is 1. The molecule has 0 bridgehead atoms. The number of benzene rings is 1. The van der Waals surface area contributed by atoms with E-state index in [0.29, 0.717) is 40.5 Å². The molecule has 9 heteroatoms. The molecule has 0 aliphatic carbocycles. The van der Waals surface area contributed by atoms with Crippen molar-refractivity contribution >= 4 is 35.0 Å². The lowest BCUT2D eigenvalue weighted by Gasteiger charge is -2.28. The van der Waals surface area contributed by atoms with E-state index in [-0.39, 0.29) is 17.0 Å². The first-order valence-electron chi connectivity index (χ1n) is 11.2. The Morgan fingerprint density at radius 2 is 1.79 bits per heavy atom. The maximum Gasteiger partial charge on any atom is 0.354 e. The fraction of sp³-hybridized carbons (Fsp3) is 0.400. The number of carbonyl (C=O) groups is 3. The number of methoxy groups -OCH3 is 1. The van der Waals surface area contributed by atoms with Crippen LogP contribution in [0.3, 0.4) is 0 Å². The van der Waals surface area contributed by atoms with Gasteiger partial charge in [-0.1, -0.05) is 37.6 Å². The van der Waals surface area contributed by atoms with Crippen LogP contribution in [0, 0.1) is 13.8 Å². The SMILES string of the molecule is CCN(CC)CCN1C(=O)C(=O)/C(=C(/O)c2c(C)[nH]c(C(=O)OC)c2C)[C@@H]1c1ccc(Cl)cc1. The van der Waals surface area contributed by atoms with Crippen LogP contribution < -0.4 is 0 Å². The number of ether oxygens (including phenoxy) is 1. The zero-order chi connectivity index (χ0) is 25.2. The predicted octanol–water partition coefficient (Wildman–Crippen LogP) is 3.84. The van der Waals surface area contributed by atoms with Gasteiger partial charge in [0, 0.05) is 29.4 Å². The summed E-state index contributed by atoms with van der Waals surface area (Å²) in [6.45, 7) is 9.91. The van der Waals surface area contributed by atoms with E-state index in [2.05, 4.69) is 9.88 Å². The number of carbonyl (C=O) groups excluding carboxylic acids is 3. The second kappa shape index (κ2) is 10.4. The fourth-order valence-electron chi connectivity index (χ4n) is 4.44. The van der Waals surface area contributed by atoms with Crippen molar-refractivity contribution in [3.05, 3.63) is 62.9 Å². The Balaban J connectivity index is 2.17. The molecule has 1 saturated heterocycles. The van der Waals surface area contributed by atoms with E-state index in [9.17, 15) is 19.5 Å². The number of aromatic nitrogens is 1. The molecule has 8 nitrogen and oxygen atoms in total. The second-order valence-corrected chi connectivity index (χ2v) is 8.62. The van der Waals surface area contributed by atoms with E-state index in [1.165, 1.54) is 12.0 Å².